The van der Waals surface area contributed by atoms with E-state index in [0.717, 1.165) is 10.9 Å². The highest BCUT2D eigenvalue weighted by Gasteiger charge is 2.13. The number of hydrogen-bond donors (Lipinski definition) is 2. The highest BCUT2D eigenvalue weighted by molar-refractivity contribution is 5.79. The lowest BCUT2D eigenvalue weighted by Gasteiger charge is -2.10. The average Bonchev–Trinajstić information content (AvgIpc) is 2.72. The Morgan fingerprint density at radius 1 is 1.56 bits per heavy atom. The summed E-state index contributed by atoms with van der Waals surface area (Å²) in [6.45, 7) is 2.34. The fourth-order valence-corrected chi connectivity index (χ4v) is 1.66. The Labute approximate surface area is 93.2 Å². The zero-order valence-electron chi connectivity index (χ0n) is 9.05. The lowest BCUT2D eigenvalue weighted by molar-refractivity contribution is -0.125. The van der Waals surface area contributed by atoms with Crippen LogP contribution in [0.1, 0.15) is 6.92 Å². The number of aromatic nitrogens is 2. The maximum atomic E-state index is 11.3. The van der Waals surface area contributed by atoms with Gasteiger partial charge in [0.25, 0.3) is 0 Å². The SMILES string of the molecule is CC(Cn1ncc2ccccc21)C(=O)NN. The van der Waals surface area contributed by atoms with Crippen LogP contribution in [0.3, 0.4) is 0 Å². The summed E-state index contributed by atoms with van der Waals surface area (Å²) in [6, 6.07) is 7.89. The Morgan fingerprint density at radius 2 is 2.31 bits per heavy atom. The molecule has 1 aromatic carbocycles. The molecule has 1 heterocycles. The van der Waals surface area contributed by atoms with Crippen LogP contribution in [0.2, 0.25) is 0 Å². The number of amides is 1. The number of nitrogens with zero attached hydrogens (tertiary/aromatic N) is 2. The van der Waals surface area contributed by atoms with E-state index in [0.29, 0.717) is 6.54 Å². The second-order valence-corrected chi connectivity index (χ2v) is 3.80. The summed E-state index contributed by atoms with van der Waals surface area (Å²) < 4.78 is 1.81. The standard InChI is InChI=1S/C11H14N4O/c1-8(11(16)14-12)7-15-10-5-3-2-4-9(10)6-13-15/h2-6,8H,7,12H2,1H3,(H,14,16). The molecule has 0 spiro atoms. The van der Waals surface area contributed by atoms with Crippen LogP contribution in [0.5, 0.6) is 0 Å². The van der Waals surface area contributed by atoms with Gasteiger partial charge >= 0.3 is 0 Å². The summed E-state index contributed by atoms with van der Waals surface area (Å²) >= 11 is 0. The van der Waals surface area contributed by atoms with Gasteiger partial charge in [0.2, 0.25) is 5.91 Å². The summed E-state index contributed by atoms with van der Waals surface area (Å²) in [6.07, 6.45) is 1.79. The number of hydrazine groups is 1. The van der Waals surface area contributed by atoms with Gasteiger partial charge in [-0.25, -0.2) is 5.84 Å². The van der Waals surface area contributed by atoms with E-state index in [1.54, 1.807) is 6.20 Å². The number of carbonyl (C=O) groups excluding carboxylic acids is 1. The van der Waals surface area contributed by atoms with Crippen molar-refractivity contribution in [2.45, 2.75) is 13.5 Å². The third-order valence-electron chi connectivity index (χ3n) is 2.59. The van der Waals surface area contributed by atoms with Gasteiger partial charge in [-0.1, -0.05) is 25.1 Å². The van der Waals surface area contributed by atoms with Crippen molar-refractivity contribution in [1.82, 2.24) is 15.2 Å². The maximum absolute atomic E-state index is 11.3. The lowest BCUT2D eigenvalue weighted by atomic mass is 10.1. The fourth-order valence-electron chi connectivity index (χ4n) is 1.66. The first-order valence-corrected chi connectivity index (χ1v) is 5.13. The molecule has 0 saturated heterocycles. The second kappa shape index (κ2) is 4.32. The molecule has 0 aliphatic carbocycles. The summed E-state index contributed by atoms with van der Waals surface area (Å²) in [5.74, 6) is 4.70. The quantitative estimate of drug-likeness (QED) is 0.451. The molecule has 84 valence electrons. The molecule has 0 bridgehead atoms. The highest BCUT2D eigenvalue weighted by Crippen LogP contribution is 2.14. The van der Waals surface area contributed by atoms with E-state index >= 15 is 0 Å². The van der Waals surface area contributed by atoms with Gasteiger partial charge in [0.15, 0.2) is 0 Å². The number of carbonyl (C=O) groups is 1. The molecular formula is C11H14N4O. The molecule has 1 unspecified atom stereocenters. The number of para-hydroxylation sites is 1. The van der Waals surface area contributed by atoms with Crippen molar-refractivity contribution in [3.05, 3.63) is 30.5 Å². The zero-order chi connectivity index (χ0) is 11.5. The van der Waals surface area contributed by atoms with Crippen LogP contribution < -0.4 is 11.3 Å². The second-order valence-electron chi connectivity index (χ2n) is 3.80. The number of rotatable bonds is 3. The molecule has 0 saturated carbocycles. The normalized spacial score (nSPS) is 12.6. The fraction of sp³-hybridized carbons (Fsp3) is 0.273. The zero-order valence-corrected chi connectivity index (χ0v) is 9.05. The molecule has 2 aromatic rings. The molecule has 1 aromatic heterocycles. The van der Waals surface area contributed by atoms with Gasteiger partial charge in [0.1, 0.15) is 0 Å². The molecule has 5 heteroatoms. The van der Waals surface area contributed by atoms with Crippen molar-refractivity contribution >= 4 is 16.8 Å². The maximum Gasteiger partial charge on any atom is 0.238 e. The molecule has 0 aliphatic rings. The molecule has 0 radical (unpaired) electrons. The van der Waals surface area contributed by atoms with E-state index in [1.165, 1.54) is 0 Å². The first-order valence-electron chi connectivity index (χ1n) is 5.13. The number of hydrogen-bond acceptors (Lipinski definition) is 3. The van der Waals surface area contributed by atoms with Gasteiger partial charge in [0, 0.05) is 5.39 Å². The molecule has 1 atom stereocenters. The first-order chi connectivity index (χ1) is 7.72. The van der Waals surface area contributed by atoms with Crippen LogP contribution in [0.15, 0.2) is 30.5 Å². The van der Waals surface area contributed by atoms with E-state index in [9.17, 15) is 4.79 Å². The smallest absolute Gasteiger partial charge is 0.238 e. The Bertz CT molecular complexity index is 505. The highest BCUT2D eigenvalue weighted by atomic mass is 16.2. The third kappa shape index (κ3) is 1.90. The minimum Gasteiger partial charge on any atom is -0.294 e. The molecule has 3 N–H and O–H groups in total. The van der Waals surface area contributed by atoms with E-state index in [1.807, 2.05) is 35.9 Å². The van der Waals surface area contributed by atoms with Crippen LogP contribution >= 0.6 is 0 Å². The van der Waals surface area contributed by atoms with Crippen molar-refractivity contribution in [2.24, 2.45) is 11.8 Å². The van der Waals surface area contributed by atoms with E-state index in [-0.39, 0.29) is 11.8 Å². The molecule has 0 fully saturated rings. The Balaban J connectivity index is 2.24. The van der Waals surface area contributed by atoms with Crippen LogP contribution in [0, 0.1) is 5.92 Å². The molecular weight excluding hydrogens is 204 g/mol. The van der Waals surface area contributed by atoms with Crippen LogP contribution in [0.4, 0.5) is 0 Å². The van der Waals surface area contributed by atoms with E-state index < -0.39 is 0 Å². The topological polar surface area (TPSA) is 72.9 Å². The van der Waals surface area contributed by atoms with Gasteiger partial charge in [-0.3, -0.25) is 14.9 Å². The van der Waals surface area contributed by atoms with Gasteiger partial charge in [-0.2, -0.15) is 5.10 Å². The van der Waals surface area contributed by atoms with Crippen molar-refractivity contribution in [3.8, 4) is 0 Å². The summed E-state index contributed by atoms with van der Waals surface area (Å²) in [4.78, 5) is 11.3. The monoisotopic (exact) mass is 218 g/mol. The van der Waals surface area contributed by atoms with Crippen molar-refractivity contribution < 1.29 is 4.79 Å². The number of nitrogens with one attached hydrogen (secondary N) is 1. The largest absolute Gasteiger partial charge is 0.294 e. The summed E-state index contributed by atoms with van der Waals surface area (Å²) in [7, 11) is 0. The Morgan fingerprint density at radius 3 is 3.06 bits per heavy atom. The third-order valence-corrected chi connectivity index (χ3v) is 2.59. The van der Waals surface area contributed by atoms with Crippen molar-refractivity contribution in [2.75, 3.05) is 0 Å². The van der Waals surface area contributed by atoms with Gasteiger partial charge in [-0.05, 0) is 6.07 Å². The first kappa shape index (κ1) is 10.6. The lowest BCUT2D eigenvalue weighted by Crippen LogP contribution is -2.36. The minimum atomic E-state index is -0.201. The van der Waals surface area contributed by atoms with Crippen LogP contribution in [0.25, 0.3) is 10.9 Å². The Kier molecular flexibility index (Phi) is 2.87. The molecule has 0 aliphatic heterocycles. The average molecular weight is 218 g/mol. The van der Waals surface area contributed by atoms with Gasteiger partial charge in [0.05, 0.1) is 24.2 Å². The summed E-state index contributed by atoms with van der Waals surface area (Å²) in [5, 5.41) is 5.32. The Hall–Kier alpha value is -1.88. The van der Waals surface area contributed by atoms with E-state index in [4.69, 9.17) is 5.84 Å². The van der Waals surface area contributed by atoms with Crippen LogP contribution in [-0.2, 0) is 11.3 Å². The number of nitrogens with two attached hydrogens (primary N) is 1. The van der Waals surface area contributed by atoms with Crippen molar-refractivity contribution in [1.29, 1.82) is 0 Å². The predicted molar refractivity (Wildman–Crippen MR) is 61.2 cm³/mol. The number of fused-ring (bicyclic) bond motifs is 1. The summed E-state index contributed by atoms with van der Waals surface area (Å²) in [5.41, 5.74) is 3.17. The predicted octanol–water partition coefficient (Wildman–Crippen LogP) is 0.662. The van der Waals surface area contributed by atoms with Crippen LogP contribution in [-0.4, -0.2) is 15.7 Å². The number of benzene rings is 1. The van der Waals surface area contributed by atoms with Gasteiger partial charge < -0.3 is 0 Å². The molecule has 1 amide bonds. The molecule has 2 rings (SSSR count). The minimum absolute atomic E-state index is 0.181. The van der Waals surface area contributed by atoms with E-state index in [2.05, 4.69) is 10.5 Å². The molecule has 5 nitrogen and oxygen atoms in total. The molecule has 16 heavy (non-hydrogen) atoms. The van der Waals surface area contributed by atoms with Gasteiger partial charge in [-0.15, -0.1) is 0 Å². The van der Waals surface area contributed by atoms with Crippen molar-refractivity contribution in [3.63, 3.8) is 0 Å².